The van der Waals surface area contributed by atoms with Crippen molar-refractivity contribution in [3.8, 4) is 0 Å². The van der Waals surface area contributed by atoms with Gasteiger partial charge < -0.3 is 9.84 Å². The molecule has 17 heavy (non-hydrogen) atoms. The van der Waals surface area contributed by atoms with E-state index in [0.29, 0.717) is 6.04 Å². The summed E-state index contributed by atoms with van der Waals surface area (Å²) in [7, 11) is 0. The van der Waals surface area contributed by atoms with Crippen molar-refractivity contribution in [2.75, 3.05) is 26.3 Å². The predicted octanol–water partition coefficient (Wildman–Crippen LogP) is 1.89. The van der Waals surface area contributed by atoms with Gasteiger partial charge in [0.2, 0.25) is 0 Å². The number of hydrogen-bond acceptors (Lipinski definition) is 3. The standard InChI is InChI=1S/C14H27NO2/c1-11(2)13-5-4-12(16)10-14(13)15-6-3-8-17-9-7-15/h11-14,16H,3-10H2,1-2H3. The molecule has 1 saturated heterocycles. The molecule has 0 radical (unpaired) electrons. The average Bonchev–Trinajstić information content (AvgIpc) is 2.56. The van der Waals surface area contributed by atoms with E-state index in [1.165, 1.54) is 6.42 Å². The van der Waals surface area contributed by atoms with Crippen LogP contribution in [-0.4, -0.2) is 48.5 Å². The maximum atomic E-state index is 9.92. The number of aliphatic hydroxyl groups excluding tert-OH is 1. The summed E-state index contributed by atoms with van der Waals surface area (Å²) in [5, 5.41) is 9.92. The molecule has 1 heterocycles. The van der Waals surface area contributed by atoms with Crippen LogP contribution in [0.2, 0.25) is 0 Å². The predicted molar refractivity (Wildman–Crippen MR) is 69.0 cm³/mol. The summed E-state index contributed by atoms with van der Waals surface area (Å²) in [5.41, 5.74) is 0. The molecule has 1 aliphatic carbocycles. The van der Waals surface area contributed by atoms with Crippen LogP contribution in [-0.2, 0) is 4.74 Å². The van der Waals surface area contributed by atoms with Crippen LogP contribution in [0, 0.1) is 11.8 Å². The molecule has 0 bridgehead atoms. The fourth-order valence-corrected chi connectivity index (χ4v) is 3.44. The molecular formula is C14H27NO2. The minimum atomic E-state index is -0.0841. The number of nitrogens with zero attached hydrogens (tertiary/aromatic N) is 1. The Morgan fingerprint density at radius 2 is 2.00 bits per heavy atom. The normalized spacial score (nSPS) is 37.1. The molecule has 2 rings (SSSR count). The van der Waals surface area contributed by atoms with Gasteiger partial charge in [0.05, 0.1) is 12.7 Å². The van der Waals surface area contributed by atoms with Crippen molar-refractivity contribution in [2.45, 2.75) is 51.7 Å². The first-order valence-corrected chi connectivity index (χ1v) is 7.18. The van der Waals surface area contributed by atoms with E-state index in [9.17, 15) is 5.11 Å². The molecule has 0 spiro atoms. The molecular weight excluding hydrogens is 214 g/mol. The van der Waals surface area contributed by atoms with Gasteiger partial charge in [0, 0.05) is 25.7 Å². The zero-order chi connectivity index (χ0) is 12.3. The first-order valence-electron chi connectivity index (χ1n) is 7.18. The van der Waals surface area contributed by atoms with E-state index in [4.69, 9.17) is 4.74 Å². The van der Waals surface area contributed by atoms with Crippen LogP contribution in [0.3, 0.4) is 0 Å². The second kappa shape index (κ2) is 6.17. The third kappa shape index (κ3) is 3.43. The minimum Gasteiger partial charge on any atom is -0.393 e. The second-order valence-corrected chi connectivity index (χ2v) is 5.94. The minimum absolute atomic E-state index is 0.0841. The van der Waals surface area contributed by atoms with Crippen molar-refractivity contribution in [1.82, 2.24) is 4.90 Å². The molecule has 0 amide bonds. The summed E-state index contributed by atoms with van der Waals surface area (Å²) in [4.78, 5) is 2.57. The fourth-order valence-electron chi connectivity index (χ4n) is 3.44. The van der Waals surface area contributed by atoms with Crippen molar-refractivity contribution in [3.05, 3.63) is 0 Å². The molecule has 0 aromatic carbocycles. The number of rotatable bonds is 2. The first kappa shape index (κ1) is 13.3. The Morgan fingerprint density at radius 1 is 1.18 bits per heavy atom. The lowest BCUT2D eigenvalue weighted by Crippen LogP contribution is -2.48. The molecule has 2 fully saturated rings. The molecule has 1 N–H and O–H groups in total. The summed E-state index contributed by atoms with van der Waals surface area (Å²) < 4.78 is 5.53. The molecule has 3 heteroatoms. The van der Waals surface area contributed by atoms with Gasteiger partial charge in [-0.3, -0.25) is 4.90 Å². The Labute approximate surface area is 105 Å². The first-order chi connectivity index (χ1) is 8.18. The highest BCUT2D eigenvalue weighted by atomic mass is 16.5. The topological polar surface area (TPSA) is 32.7 Å². The zero-order valence-corrected chi connectivity index (χ0v) is 11.3. The smallest absolute Gasteiger partial charge is 0.0593 e. The van der Waals surface area contributed by atoms with Crippen molar-refractivity contribution in [1.29, 1.82) is 0 Å². The summed E-state index contributed by atoms with van der Waals surface area (Å²) in [5.74, 6) is 1.47. The lowest BCUT2D eigenvalue weighted by molar-refractivity contribution is 0.0106. The van der Waals surface area contributed by atoms with Crippen LogP contribution in [0.4, 0.5) is 0 Å². The van der Waals surface area contributed by atoms with E-state index in [1.807, 2.05) is 0 Å². The lowest BCUT2D eigenvalue weighted by Gasteiger charge is -2.43. The maximum absolute atomic E-state index is 9.92. The Kier molecular flexibility index (Phi) is 4.83. The number of aliphatic hydroxyl groups is 1. The van der Waals surface area contributed by atoms with Gasteiger partial charge >= 0.3 is 0 Å². The molecule has 1 saturated carbocycles. The number of ether oxygens (including phenoxy) is 1. The lowest BCUT2D eigenvalue weighted by atomic mass is 9.76. The van der Waals surface area contributed by atoms with Gasteiger partial charge in [-0.05, 0) is 37.5 Å². The van der Waals surface area contributed by atoms with E-state index in [0.717, 1.165) is 57.4 Å². The van der Waals surface area contributed by atoms with Gasteiger partial charge in [-0.2, -0.15) is 0 Å². The van der Waals surface area contributed by atoms with Gasteiger partial charge in [0.15, 0.2) is 0 Å². The van der Waals surface area contributed by atoms with Crippen LogP contribution in [0.1, 0.15) is 39.5 Å². The summed E-state index contributed by atoms with van der Waals surface area (Å²) >= 11 is 0. The molecule has 3 unspecified atom stereocenters. The Bertz CT molecular complexity index is 224. The van der Waals surface area contributed by atoms with Crippen LogP contribution in [0.25, 0.3) is 0 Å². The Hall–Kier alpha value is -0.120. The van der Waals surface area contributed by atoms with Crippen molar-refractivity contribution in [2.24, 2.45) is 11.8 Å². The van der Waals surface area contributed by atoms with Gasteiger partial charge in [0.1, 0.15) is 0 Å². The molecule has 3 nitrogen and oxygen atoms in total. The SMILES string of the molecule is CC(C)C1CCC(O)CC1N1CCCOCC1. The Balaban J connectivity index is 2.02. The fraction of sp³-hybridized carbons (Fsp3) is 1.00. The van der Waals surface area contributed by atoms with E-state index >= 15 is 0 Å². The van der Waals surface area contributed by atoms with Crippen LogP contribution >= 0.6 is 0 Å². The molecule has 1 aliphatic heterocycles. The average molecular weight is 241 g/mol. The molecule has 100 valence electrons. The third-order valence-corrected chi connectivity index (χ3v) is 4.42. The van der Waals surface area contributed by atoms with Gasteiger partial charge in [-0.15, -0.1) is 0 Å². The maximum Gasteiger partial charge on any atom is 0.0593 e. The van der Waals surface area contributed by atoms with Crippen LogP contribution < -0.4 is 0 Å². The van der Waals surface area contributed by atoms with Gasteiger partial charge in [0.25, 0.3) is 0 Å². The van der Waals surface area contributed by atoms with E-state index in [2.05, 4.69) is 18.7 Å². The second-order valence-electron chi connectivity index (χ2n) is 5.94. The van der Waals surface area contributed by atoms with Crippen LogP contribution in [0.5, 0.6) is 0 Å². The number of hydrogen-bond donors (Lipinski definition) is 1. The van der Waals surface area contributed by atoms with Crippen molar-refractivity contribution >= 4 is 0 Å². The van der Waals surface area contributed by atoms with E-state index in [1.54, 1.807) is 0 Å². The molecule has 0 aromatic rings. The highest BCUT2D eigenvalue weighted by Gasteiger charge is 2.35. The van der Waals surface area contributed by atoms with E-state index in [-0.39, 0.29) is 6.10 Å². The largest absolute Gasteiger partial charge is 0.393 e. The highest BCUT2D eigenvalue weighted by molar-refractivity contribution is 4.88. The zero-order valence-electron chi connectivity index (χ0n) is 11.3. The van der Waals surface area contributed by atoms with Crippen LogP contribution in [0.15, 0.2) is 0 Å². The Morgan fingerprint density at radius 3 is 2.76 bits per heavy atom. The third-order valence-electron chi connectivity index (χ3n) is 4.42. The summed E-state index contributed by atoms with van der Waals surface area (Å²) in [6.45, 7) is 8.59. The van der Waals surface area contributed by atoms with Gasteiger partial charge in [-0.25, -0.2) is 0 Å². The van der Waals surface area contributed by atoms with Crippen molar-refractivity contribution in [3.63, 3.8) is 0 Å². The van der Waals surface area contributed by atoms with Crippen molar-refractivity contribution < 1.29 is 9.84 Å². The summed E-state index contributed by atoms with van der Waals surface area (Å²) in [6.07, 6.45) is 4.18. The van der Waals surface area contributed by atoms with Gasteiger partial charge in [-0.1, -0.05) is 13.8 Å². The molecule has 0 aromatic heterocycles. The van der Waals surface area contributed by atoms with E-state index < -0.39 is 0 Å². The monoisotopic (exact) mass is 241 g/mol. The quantitative estimate of drug-likeness (QED) is 0.801. The summed E-state index contributed by atoms with van der Waals surface area (Å²) in [6, 6.07) is 0.570. The molecule has 3 atom stereocenters. The highest BCUT2D eigenvalue weighted by Crippen LogP contribution is 2.34. The molecule has 2 aliphatic rings.